The lowest BCUT2D eigenvalue weighted by Crippen LogP contribution is -2.41. The number of ether oxygens (including phenoxy) is 1. The molecule has 0 saturated carbocycles. The van der Waals surface area contributed by atoms with Crippen LogP contribution < -0.4 is 9.04 Å². The SMILES string of the molecule is O=C(O)CN(c1ccc2c(ccn2-c2cnc(OCC(O)CO)cn2)c1)S(=O)(=O)C1C=C(Cl)C=C(Cl)C1. The van der Waals surface area contributed by atoms with E-state index in [-0.39, 0.29) is 34.7 Å². The third-order valence-corrected chi connectivity index (χ3v) is 7.98. The Kier molecular flexibility index (Phi) is 8.05. The minimum atomic E-state index is -4.18. The van der Waals surface area contributed by atoms with Crippen molar-refractivity contribution in [2.75, 3.05) is 24.1 Å². The van der Waals surface area contributed by atoms with E-state index in [4.69, 9.17) is 33.0 Å². The highest BCUT2D eigenvalue weighted by Gasteiger charge is 2.34. The molecule has 1 aromatic carbocycles. The summed E-state index contributed by atoms with van der Waals surface area (Å²) in [6, 6.07) is 6.45. The van der Waals surface area contributed by atoms with E-state index < -0.39 is 40.5 Å². The number of carboxylic acids is 1. The van der Waals surface area contributed by atoms with Gasteiger partial charge in [0.1, 0.15) is 24.5 Å². The Labute approximate surface area is 221 Å². The number of nitrogens with zero attached hydrogens (tertiary/aromatic N) is 4. The molecule has 0 fully saturated rings. The predicted octanol–water partition coefficient (Wildman–Crippen LogP) is 2.39. The smallest absolute Gasteiger partial charge is 0.324 e. The van der Waals surface area contributed by atoms with Crippen molar-refractivity contribution in [3.05, 3.63) is 65.1 Å². The van der Waals surface area contributed by atoms with Crippen LogP contribution in [0.2, 0.25) is 0 Å². The number of aliphatic hydroxyl groups is 2. The van der Waals surface area contributed by atoms with Crippen LogP contribution in [0.5, 0.6) is 5.88 Å². The number of hydrogen-bond donors (Lipinski definition) is 3. The number of aromatic nitrogens is 3. The number of anilines is 1. The summed E-state index contributed by atoms with van der Waals surface area (Å²) >= 11 is 12.1. The van der Waals surface area contributed by atoms with Crippen molar-refractivity contribution in [1.29, 1.82) is 0 Å². The fraction of sp³-hybridized carbons (Fsp3) is 0.261. The molecule has 37 heavy (non-hydrogen) atoms. The maximum Gasteiger partial charge on any atom is 0.324 e. The number of halogens is 2. The first kappa shape index (κ1) is 26.9. The summed E-state index contributed by atoms with van der Waals surface area (Å²) in [5, 5.41) is 27.6. The number of fused-ring (bicyclic) bond motifs is 1. The van der Waals surface area contributed by atoms with Gasteiger partial charge in [0, 0.05) is 28.1 Å². The summed E-state index contributed by atoms with van der Waals surface area (Å²) in [7, 11) is -4.18. The molecule has 3 aromatic rings. The minimum absolute atomic E-state index is 0.0216. The Hall–Kier alpha value is -3.16. The number of hydrogen-bond acceptors (Lipinski definition) is 8. The van der Waals surface area contributed by atoms with E-state index in [9.17, 15) is 23.4 Å². The minimum Gasteiger partial charge on any atom is -0.480 e. The Bertz CT molecular complexity index is 1470. The molecule has 0 radical (unpaired) electrons. The highest BCUT2D eigenvalue weighted by atomic mass is 35.5. The van der Waals surface area contributed by atoms with Gasteiger partial charge in [0.15, 0.2) is 5.82 Å². The standard InChI is InChI=1S/C23H22Cl2N4O7S/c24-15-6-16(25)8-19(7-15)37(34,35)29(11-23(32)33)17-1-2-20-14(5-17)3-4-28(20)21-9-27-22(10-26-21)36-13-18(31)12-30/h1-7,9-10,18-19,30-31H,8,11-13H2,(H,32,33). The lowest BCUT2D eigenvalue weighted by atomic mass is 10.2. The molecule has 0 spiro atoms. The number of carbonyl (C=O) groups is 1. The van der Waals surface area contributed by atoms with Gasteiger partial charge in [0.05, 0.1) is 30.2 Å². The molecule has 0 amide bonds. The molecule has 1 aliphatic rings. The number of benzene rings is 1. The van der Waals surface area contributed by atoms with E-state index in [0.717, 1.165) is 4.31 Å². The Morgan fingerprint density at radius 1 is 1.24 bits per heavy atom. The second kappa shape index (κ2) is 11.1. The summed E-state index contributed by atoms with van der Waals surface area (Å²) in [6.07, 6.45) is 6.25. The molecular weight excluding hydrogens is 547 g/mol. The monoisotopic (exact) mass is 568 g/mol. The average Bonchev–Trinajstić information content (AvgIpc) is 3.28. The fourth-order valence-electron chi connectivity index (χ4n) is 3.72. The zero-order valence-corrected chi connectivity index (χ0v) is 21.4. The second-order valence-electron chi connectivity index (χ2n) is 8.12. The largest absolute Gasteiger partial charge is 0.480 e. The van der Waals surface area contributed by atoms with Crippen LogP contribution in [0.15, 0.2) is 65.1 Å². The van der Waals surface area contributed by atoms with Gasteiger partial charge in [-0.2, -0.15) is 0 Å². The molecule has 14 heteroatoms. The first-order valence-corrected chi connectivity index (χ1v) is 13.2. The molecule has 2 atom stereocenters. The van der Waals surface area contributed by atoms with E-state index >= 15 is 0 Å². The molecule has 196 valence electrons. The molecule has 3 N–H and O–H groups in total. The maximum absolute atomic E-state index is 13.4. The van der Waals surface area contributed by atoms with Gasteiger partial charge in [-0.25, -0.2) is 18.4 Å². The number of aliphatic hydroxyl groups excluding tert-OH is 2. The molecule has 4 rings (SSSR count). The van der Waals surface area contributed by atoms with Gasteiger partial charge in [0.25, 0.3) is 0 Å². The summed E-state index contributed by atoms with van der Waals surface area (Å²) in [6.45, 7) is -1.36. The fourth-order valence-corrected chi connectivity index (χ4v) is 6.24. The molecule has 1 aliphatic carbocycles. The van der Waals surface area contributed by atoms with Crippen LogP contribution in [0.1, 0.15) is 6.42 Å². The molecule has 2 unspecified atom stereocenters. The predicted molar refractivity (Wildman–Crippen MR) is 138 cm³/mol. The van der Waals surface area contributed by atoms with Gasteiger partial charge in [-0.1, -0.05) is 23.2 Å². The Morgan fingerprint density at radius 2 is 2.03 bits per heavy atom. The second-order valence-corrected chi connectivity index (χ2v) is 11.1. The highest BCUT2D eigenvalue weighted by molar-refractivity contribution is 7.93. The molecule has 0 saturated heterocycles. The van der Waals surface area contributed by atoms with Crippen molar-refractivity contribution < 1.29 is 33.3 Å². The number of rotatable bonds is 10. The molecule has 0 bridgehead atoms. The van der Waals surface area contributed by atoms with Crippen LogP contribution in [-0.2, 0) is 14.8 Å². The molecular formula is C23H22Cl2N4O7S. The number of carboxylic acid groups (broad SMARTS) is 1. The first-order chi connectivity index (χ1) is 17.6. The van der Waals surface area contributed by atoms with Crippen LogP contribution in [0.3, 0.4) is 0 Å². The van der Waals surface area contributed by atoms with Crippen molar-refractivity contribution in [3.8, 4) is 11.7 Å². The van der Waals surface area contributed by atoms with Crippen molar-refractivity contribution in [1.82, 2.24) is 14.5 Å². The normalized spacial score (nSPS) is 16.7. The molecule has 11 nitrogen and oxygen atoms in total. The number of sulfonamides is 1. The number of aliphatic carboxylic acids is 1. The summed E-state index contributed by atoms with van der Waals surface area (Å²) in [5.41, 5.74) is 0.835. The van der Waals surface area contributed by atoms with Gasteiger partial charge in [-0.3, -0.25) is 13.7 Å². The average molecular weight is 569 g/mol. The quantitative estimate of drug-likeness (QED) is 0.334. The van der Waals surface area contributed by atoms with Crippen LogP contribution in [0.4, 0.5) is 5.69 Å². The molecule has 2 heterocycles. The summed E-state index contributed by atoms with van der Waals surface area (Å²) < 4.78 is 34.7. The lowest BCUT2D eigenvalue weighted by molar-refractivity contribution is -0.135. The zero-order valence-electron chi connectivity index (χ0n) is 19.1. The van der Waals surface area contributed by atoms with E-state index in [1.807, 2.05) is 0 Å². The maximum atomic E-state index is 13.4. The summed E-state index contributed by atoms with van der Waals surface area (Å²) in [4.78, 5) is 20.0. The number of allylic oxidation sites excluding steroid dienone is 3. The highest BCUT2D eigenvalue weighted by Crippen LogP contribution is 2.32. The van der Waals surface area contributed by atoms with Gasteiger partial charge >= 0.3 is 5.97 Å². The van der Waals surface area contributed by atoms with E-state index in [1.165, 1.54) is 30.6 Å². The topological polar surface area (TPSA) is 155 Å². The van der Waals surface area contributed by atoms with Gasteiger partial charge in [-0.05, 0) is 36.4 Å². The lowest BCUT2D eigenvalue weighted by Gasteiger charge is -2.28. The molecule has 2 aromatic heterocycles. The van der Waals surface area contributed by atoms with Gasteiger partial charge in [0.2, 0.25) is 15.9 Å². The van der Waals surface area contributed by atoms with Crippen LogP contribution in [-0.4, -0.2) is 75.4 Å². The van der Waals surface area contributed by atoms with Crippen LogP contribution in [0, 0.1) is 0 Å². The third kappa shape index (κ3) is 6.05. The zero-order chi connectivity index (χ0) is 26.7. The van der Waals surface area contributed by atoms with Crippen LogP contribution in [0.25, 0.3) is 16.7 Å². The first-order valence-electron chi connectivity index (χ1n) is 10.9. The van der Waals surface area contributed by atoms with Gasteiger partial charge < -0.3 is 20.1 Å². The Balaban J connectivity index is 1.63. The van der Waals surface area contributed by atoms with Crippen molar-refractivity contribution >= 4 is 55.8 Å². The van der Waals surface area contributed by atoms with E-state index in [0.29, 0.717) is 16.7 Å². The van der Waals surface area contributed by atoms with Crippen molar-refractivity contribution in [2.45, 2.75) is 17.8 Å². The van der Waals surface area contributed by atoms with Crippen LogP contribution >= 0.6 is 23.2 Å². The van der Waals surface area contributed by atoms with Crippen molar-refractivity contribution in [3.63, 3.8) is 0 Å². The Morgan fingerprint density at radius 3 is 2.68 bits per heavy atom. The third-order valence-electron chi connectivity index (χ3n) is 5.46. The van der Waals surface area contributed by atoms with E-state index in [1.54, 1.807) is 29.0 Å². The summed E-state index contributed by atoms with van der Waals surface area (Å²) in [5.74, 6) is -0.717. The molecule has 0 aliphatic heterocycles. The van der Waals surface area contributed by atoms with Gasteiger partial charge in [-0.15, -0.1) is 0 Å². The van der Waals surface area contributed by atoms with Crippen molar-refractivity contribution in [2.24, 2.45) is 0 Å². The van der Waals surface area contributed by atoms with E-state index in [2.05, 4.69) is 9.97 Å².